The molecule has 1 unspecified atom stereocenters. The molecule has 52 valence electrons. The molecule has 10 heavy (non-hydrogen) atoms. The van der Waals surface area contributed by atoms with E-state index in [-0.39, 0.29) is 59.1 Å². The average Bonchev–Trinajstić information content (AvgIpc) is 1.67. The molecule has 0 aromatic heterocycles. The number of hydrogen-bond acceptors (Lipinski definition) is 1. The van der Waals surface area contributed by atoms with Crippen LogP contribution in [0, 0.1) is 0 Å². The number of alkyl halides is 1. The molecular weight excluding hydrogens is 173 g/mol. The second-order valence-corrected chi connectivity index (χ2v) is 2.12. The van der Waals surface area contributed by atoms with E-state index in [2.05, 4.69) is 0 Å². The zero-order valence-corrected chi connectivity index (χ0v) is 5.48. The van der Waals surface area contributed by atoms with Crippen LogP contribution < -0.4 is 0 Å². The maximum atomic E-state index is 9.96. The Kier molecular flexibility index (Phi) is 19.1. The molecule has 0 radical (unpaired) electrons. The summed E-state index contributed by atoms with van der Waals surface area (Å²) < 4.78 is 0. The molecule has 0 heterocycles. The first-order chi connectivity index (χ1) is 3.68. The van der Waals surface area contributed by atoms with Crippen molar-refractivity contribution >= 4 is 76.7 Å². The molecule has 0 spiro atoms. The fraction of sp³-hybridized carbons (Fsp3) is 0.800. The van der Waals surface area contributed by atoms with E-state index in [4.69, 9.17) is 16.7 Å². The Hall–Kier alpha value is 1.76. The summed E-state index contributed by atoms with van der Waals surface area (Å²) in [6.45, 7) is 1.90. The maximum absolute atomic E-state index is 9.96. The number of aliphatic carboxylic acids is 1. The molecular formula is C5H11ClNa2O2. The van der Waals surface area contributed by atoms with Crippen LogP contribution in [0.3, 0.4) is 0 Å². The monoisotopic (exact) mass is 184 g/mol. The molecule has 0 aromatic rings. The Morgan fingerprint density at radius 1 is 1.60 bits per heavy atom. The Bertz CT molecular complexity index is 89.7. The van der Waals surface area contributed by atoms with Crippen molar-refractivity contribution in [2.45, 2.75) is 25.1 Å². The van der Waals surface area contributed by atoms with Crippen molar-refractivity contribution < 1.29 is 9.90 Å². The molecule has 0 saturated carbocycles. The molecule has 0 bridgehead atoms. The molecule has 0 saturated heterocycles. The number of rotatable bonds is 3. The molecule has 5 heteroatoms. The van der Waals surface area contributed by atoms with Gasteiger partial charge in [0.1, 0.15) is 5.38 Å². The van der Waals surface area contributed by atoms with Gasteiger partial charge in [0.25, 0.3) is 0 Å². The Morgan fingerprint density at radius 3 is 2.10 bits per heavy atom. The first kappa shape index (κ1) is 17.7. The van der Waals surface area contributed by atoms with Crippen LogP contribution in [0.1, 0.15) is 19.8 Å². The number of halogens is 1. The summed E-state index contributed by atoms with van der Waals surface area (Å²) in [4.78, 5) is 9.96. The van der Waals surface area contributed by atoms with Crippen LogP contribution in [0.15, 0.2) is 0 Å². The van der Waals surface area contributed by atoms with E-state index < -0.39 is 11.3 Å². The van der Waals surface area contributed by atoms with Gasteiger partial charge < -0.3 is 5.11 Å². The summed E-state index contributed by atoms with van der Waals surface area (Å²) in [5.74, 6) is -0.923. The molecule has 0 rings (SSSR count). The van der Waals surface area contributed by atoms with Gasteiger partial charge >= 0.3 is 65.1 Å². The van der Waals surface area contributed by atoms with Gasteiger partial charge in [0.2, 0.25) is 0 Å². The van der Waals surface area contributed by atoms with Crippen molar-refractivity contribution in [1.29, 1.82) is 0 Å². The Labute approximate surface area is 110 Å². The third kappa shape index (κ3) is 9.76. The molecule has 0 aliphatic heterocycles. The van der Waals surface area contributed by atoms with Crippen molar-refractivity contribution in [3.63, 3.8) is 0 Å². The normalized spacial score (nSPS) is 10.6. The zero-order valence-electron chi connectivity index (χ0n) is 4.72. The minimum atomic E-state index is -0.923. The first-order valence-electron chi connectivity index (χ1n) is 2.55. The second-order valence-electron chi connectivity index (χ2n) is 1.59. The van der Waals surface area contributed by atoms with E-state index in [1.54, 1.807) is 0 Å². The molecule has 0 amide bonds. The summed E-state index contributed by atoms with van der Waals surface area (Å²) >= 11 is 5.32. The number of carboxylic acids is 1. The van der Waals surface area contributed by atoms with E-state index >= 15 is 0 Å². The number of carboxylic acid groups (broad SMARTS) is 1. The number of hydrogen-bond donors (Lipinski definition) is 1. The van der Waals surface area contributed by atoms with E-state index in [0.29, 0.717) is 6.42 Å². The quantitative estimate of drug-likeness (QED) is 0.502. The Morgan fingerprint density at radius 2 is 2.00 bits per heavy atom. The van der Waals surface area contributed by atoms with Crippen LogP contribution in [0.4, 0.5) is 0 Å². The van der Waals surface area contributed by atoms with Gasteiger partial charge in [0.15, 0.2) is 0 Å². The summed E-state index contributed by atoms with van der Waals surface area (Å²) in [7, 11) is 0. The third-order valence-electron chi connectivity index (χ3n) is 0.810. The average molecular weight is 185 g/mol. The van der Waals surface area contributed by atoms with Crippen LogP contribution >= 0.6 is 11.6 Å². The molecule has 1 atom stereocenters. The van der Waals surface area contributed by atoms with Gasteiger partial charge in [0.05, 0.1) is 0 Å². The topological polar surface area (TPSA) is 37.3 Å². The minimum absolute atomic E-state index is 0. The van der Waals surface area contributed by atoms with Crippen molar-refractivity contribution in [1.82, 2.24) is 0 Å². The van der Waals surface area contributed by atoms with Gasteiger partial charge in [0, 0.05) is 0 Å². The molecule has 0 aliphatic carbocycles. The number of carbonyl (C=O) groups is 1. The van der Waals surface area contributed by atoms with E-state index in [0.717, 1.165) is 6.42 Å². The van der Waals surface area contributed by atoms with Crippen LogP contribution in [0.2, 0.25) is 0 Å². The first-order valence-corrected chi connectivity index (χ1v) is 2.99. The Balaban J connectivity index is -0.000000245. The second kappa shape index (κ2) is 10.8. The van der Waals surface area contributed by atoms with Gasteiger partial charge in [-0.2, -0.15) is 0 Å². The molecule has 0 aromatic carbocycles. The van der Waals surface area contributed by atoms with Crippen LogP contribution in [0.5, 0.6) is 0 Å². The van der Waals surface area contributed by atoms with E-state index in [1.807, 2.05) is 6.92 Å². The van der Waals surface area contributed by atoms with E-state index in [9.17, 15) is 4.79 Å². The summed E-state index contributed by atoms with van der Waals surface area (Å²) in [5, 5.41) is 7.49. The van der Waals surface area contributed by atoms with Crippen LogP contribution in [-0.2, 0) is 4.79 Å². The van der Waals surface area contributed by atoms with Gasteiger partial charge in [-0.05, 0) is 6.42 Å². The van der Waals surface area contributed by atoms with Gasteiger partial charge in [-0.1, -0.05) is 13.3 Å². The summed E-state index contributed by atoms with van der Waals surface area (Å²) in [5.41, 5.74) is 0. The molecule has 0 aliphatic rings. The molecule has 1 N–H and O–H groups in total. The van der Waals surface area contributed by atoms with Crippen LogP contribution in [0.25, 0.3) is 0 Å². The molecule has 2 nitrogen and oxygen atoms in total. The predicted octanol–water partition coefficient (Wildman–Crippen LogP) is 0.182. The third-order valence-corrected chi connectivity index (χ3v) is 1.21. The summed E-state index contributed by atoms with van der Waals surface area (Å²) in [6.07, 6.45) is 1.37. The van der Waals surface area contributed by atoms with Gasteiger partial charge in [-0.15, -0.1) is 11.6 Å². The van der Waals surface area contributed by atoms with Crippen LogP contribution in [-0.4, -0.2) is 75.6 Å². The fourth-order valence-corrected chi connectivity index (χ4v) is 0.595. The summed E-state index contributed by atoms with van der Waals surface area (Å²) in [6, 6.07) is 0. The SMILES string of the molecule is CCCC(Cl)C(=O)O.[NaH].[NaH]. The van der Waals surface area contributed by atoms with Gasteiger partial charge in [-0.3, -0.25) is 4.79 Å². The predicted molar refractivity (Wildman–Crippen MR) is 46.5 cm³/mol. The zero-order chi connectivity index (χ0) is 6.57. The van der Waals surface area contributed by atoms with Crippen molar-refractivity contribution in [3.05, 3.63) is 0 Å². The van der Waals surface area contributed by atoms with Gasteiger partial charge in [-0.25, -0.2) is 0 Å². The fourth-order valence-electron chi connectivity index (χ4n) is 0.377. The van der Waals surface area contributed by atoms with Crippen molar-refractivity contribution in [3.8, 4) is 0 Å². The van der Waals surface area contributed by atoms with E-state index in [1.165, 1.54) is 0 Å². The molecule has 0 fully saturated rings. The standard InChI is InChI=1S/C5H9ClO2.2Na.2H/c1-2-3-4(6)5(7)8;;;;/h4H,2-3H2,1H3,(H,7,8);;;;. The van der Waals surface area contributed by atoms with Crippen molar-refractivity contribution in [2.24, 2.45) is 0 Å². The van der Waals surface area contributed by atoms with Crippen molar-refractivity contribution in [2.75, 3.05) is 0 Å².